The fourth-order valence-corrected chi connectivity index (χ4v) is 1.50. The molecule has 0 aromatic heterocycles. The Bertz CT molecular complexity index is 415. The number of benzene rings is 1. The summed E-state index contributed by atoms with van der Waals surface area (Å²) in [5, 5.41) is 11.9. The second-order valence-electron chi connectivity index (χ2n) is 3.83. The largest absolute Gasteiger partial charge is 0.493 e. The zero-order chi connectivity index (χ0) is 13.5. The molecule has 5 heteroatoms. The smallest absolute Gasteiger partial charge is 0.203 e. The highest BCUT2D eigenvalue weighted by Gasteiger charge is 2.13. The van der Waals surface area contributed by atoms with Crippen LogP contribution in [-0.4, -0.2) is 27.9 Å². The molecule has 18 heavy (non-hydrogen) atoms. The van der Waals surface area contributed by atoms with Crippen molar-refractivity contribution < 1.29 is 14.2 Å². The van der Waals surface area contributed by atoms with Crippen molar-refractivity contribution >= 4 is 5.69 Å². The fraction of sp³-hybridized carbons (Fsp3) is 0.462. The lowest BCUT2D eigenvalue weighted by atomic mass is 10.2. The minimum atomic E-state index is -0.0657. The van der Waals surface area contributed by atoms with Crippen molar-refractivity contribution in [1.29, 1.82) is 5.26 Å². The van der Waals surface area contributed by atoms with Crippen LogP contribution in [0, 0.1) is 17.2 Å². The zero-order valence-corrected chi connectivity index (χ0v) is 11.1. The van der Waals surface area contributed by atoms with Crippen molar-refractivity contribution in [3.05, 3.63) is 12.1 Å². The number of hydrogen-bond donors (Lipinski definition) is 1. The first-order valence-electron chi connectivity index (χ1n) is 5.59. The number of nitriles is 1. The fourth-order valence-electron chi connectivity index (χ4n) is 1.50. The van der Waals surface area contributed by atoms with Gasteiger partial charge in [-0.1, -0.05) is 0 Å². The van der Waals surface area contributed by atoms with E-state index >= 15 is 0 Å². The van der Waals surface area contributed by atoms with Crippen LogP contribution in [0.3, 0.4) is 0 Å². The number of hydrogen-bond acceptors (Lipinski definition) is 5. The van der Waals surface area contributed by atoms with E-state index in [0.29, 0.717) is 23.8 Å². The first-order valence-corrected chi connectivity index (χ1v) is 5.59. The van der Waals surface area contributed by atoms with Crippen LogP contribution in [0.1, 0.15) is 6.92 Å². The summed E-state index contributed by atoms with van der Waals surface area (Å²) in [6, 6.07) is 5.79. The van der Waals surface area contributed by atoms with Crippen molar-refractivity contribution in [3.8, 4) is 23.3 Å². The van der Waals surface area contributed by atoms with Gasteiger partial charge in [0.05, 0.1) is 33.3 Å². The van der Waals surface area contributed by atoms with Gasteiger partial charge in [0.25, 0.3) is 0 Å². The first kappa shape index (κ1) is 14.0. The van der Waals surface area contributed by atoms with Gasteiger partial charge in [0.15, 0.2) is 11.5 Å². The molecule has 0 fully saturated rings. The van der Waals surface area contributed by atoms with Crippen LogP contribution >= 0.6 is 0 Å². The van der Waals surface area contributed by atoms with Crippen LogP contribution in [0.5, 0.6) is 17.2 Å². The van der Waals surface area contributed by atoms with Gasteiger partial charge in [0, 0.05) is 24.4 Å². The molecule has 0 aliphatic heterocycles. The zero-order valence-electron chi connectivity index (χ0n) is 11.1. The summed E-state index contributed by atoms with van der Waals surface area (Å²) in [7, 11) is 4.70. The predicted molar refractivity (Wildman–Crippen MR) is 69.4 cm³/mol. The molecule has 1 N–H and O–H groups in total. The Kier molecular flexibility index (Phi) is 5.12. The maximum Gasteiger partial charge on any atom is 0.203 e. The quantitative estimate of drug-likeness (QED) is 0.839. The highest BCUT2D eigenvalue weighted by Crippen LogP contribution is 2.39. The van der Waals surface area contributed by atoms with Crippen LogP contribution in [-0.2, 0) is 0 Å². The van der Waals surface area contributed by atoms with Crippen molar-refractivity contribution in [3.63, 3.8) is 0 Å². The molecular formula is C13H18N2O3. The summed E-state index contributed by atoms with van der Waals surface area (Å²) < 4.78 is 15.7. The maximum atomic E-state index is 8.74. The van der Waals surface area contributed by atoms with E-state index in [9.17, 15) is 0 Å². The van der Waals surface area contributed by atoms with E-state index in [1.807, 2.05) is 19.1 Å². The van der Waals surface area contributed by atoms with Crippen LogP contribution in [0.15, 0.2) is 12.1 Å². The third-order valence-electron chi connectivity index (χ3n) is 2.50. The molecule has 1 rings (SSSR count). The Balaban J connectivity index is 2.97. The molecule has 0 saturated carbocycles. The molecule has 0 bridgehead atoms. The van der Waals surface area contributed by atoms with Gasteiger partial charge in [-0.25, -0.2) is 0 Å². The average Bonchev–Trinajstić information content (AvgIpc) is 2.43. The lowest BCUT2D eigenvalue weighted by Crippen LogP contribution is -2.09. The topological polar surface area (TPSA) is 63.5 Å². The van der Waals surface area contributed by atoms with Gasteiger partial charge < -0.3 is 19.5 Å². The summed E-state index contributed by atoms with van der Waals surface area (Å²) in [5.41, 5.74) is 0.826. The van der Waals surface area contributed by atoms with Crippen LogP contribution < -0.4 is 19.5 Å². The SMILES string of the molecule is COc1cc(NCC(C)C#N)cc(OC)c1OC. The van der Waals surface area contributed by atoms with Gasteiger partial charge in [0.2, 0.25) is 5.75 Å². The second kappa shape index (κ2) is 6.60. The Morgan fingerprint density at radius 3 is 2.11 bits per heavy atom. The maximum absolute atomic E-state index is 8.74. The highest BCUT2D eigenvalue weighted by molar-refractivity contribution is 5.62. The lowest BCUT2D eigenvalue weighted by molar-refractivity contribution is 0.324. The number of ether oxygens (including phenoxy) is 3. The van der Waals surface area contributed by atoms with Crippen molar-refractivity contribution in [2.75, 3.05) is 33.2 Å². The Morgan fingerprint density at radius 1 is 1.17 bits per heavy atom. The molecule has 1 unspecified atom stereocenters. The third-order valence-corrected chi connectivity index (χ3v) is 2.50. The summed E-state index contributed by atoms with van der Waals surface area (Å²) in [6.45, 7) is 2.42. The predicted octanol–water partition coefficient (Wildman–Crippen LogP) is 2.28. The molecule has 1 aromatic carbocycles. The number of methoxy groups -OCH3 is 3. The van der Waals surface area contributed by atoms with Gasteiger partial charge in [-0.2, -0.15) is 5.26 Å². The monoisotopic (exact) mass is 250 g/mol. The third kappa shape index (κ3) is 3.20. The summed E-state index contributed by atoms with van der Waals surface area (Å²) >= 11 is 0. The number of nitrogens with zero attached hydrogens (tertiary/aromatic N) is 1. The van der Waals surface area contributed by atoms with E-state index in [1.165, 1.54) is 0 Å². The number of rotatable bonds is 6. The van der Waals surface area contributed by atoms with Crippen LogP contribution in [0.2, 0.25) is 0 Å². The summed E-state index contributed by atoms with van der Waals surface area (Å²) in [5.74, 6) is 1.66. The van der Waals surface area contributed by atoms with Crippen LogP contribution in [0.4, 0.5) is 5.69 Å². The molecule has 98 valence electrons. The average molecular weight is 250 g/mol. The van der Waals surface area contributed by atoms with Gasteiger partial charge in [0.1, 0.15) is 0 Å². The number of anilines is 1. The van der Waals surface area contributed by atoms with Gasteiger partial charge in [-0.05, 0) is 6.92 Å². The standard InChI is InChI=1S/C13H18N2O3/c1-9(7-14)8-15-10-5-11(16-2)13(18-4)12(6-10)17-3/h5-6,9,15H,8H2,1-4H3. The van der Waals surface area contributed by atoms with Crippen molar-refractivity contribution in [1.82, 2.24) is 0 Å². The van der Waals surface area contributed by atoms with Crippen molar-refractivity contribution in [2.24, 2.45) is 5.92 Å². The van der Waals surface area contributed by atoms with Gasteiger partial charge in [-0.3, -0.25) is 0 Å². The highest BCUT2D eigenvalue weighted by atomic mass is 16.5. The Morgan fingerprint density at radius 2 is 1.72 bits per heavy atom. The Hall–Kier alpha value is -2.09. The summed E-state index contributed by atoms with van der Waals surface area (Å²) in [6.07, 6.45) is 0. The Labute approximate surface area is 107 Å². The molecule has 1 atom stereocenters. The van der Waals surface area contributed by atoms with Crippen molar-refractivity contribution in [2.45, 2.75) is 6.92 Å². The summed E-state index contributed by atoms with van der Waals surface area (Å²) in [4.78, 5) is 0. The molecule has 0 spiro atoms. The molecule has 0 aliphatic carbocycles. The van der Waals surface area contributed by atoms with E-state index in [2.05, 4.69) is 11.4 Å². The second-order valence-corrected chi connectivity index (χ2v) is 3.83. The van der Waals surface area contributed by atoms with E-state index in [0.717, 1.165) is 5.69 Å². The number of nitrogens with one attached hydrogen (secondary N) is 1. The molecule has 0 aliphatic rings. The molecule has 0 radical (unpaired) electrons. The minimum absolute atomic E-state index is 0.0657. The molecule has 0 heterocycles. The minimum Gasteiger partial charge on any atom is -0.493 e. The molecule has 0 amide bonds. The van der Waals surface area contributed by atoms with Crippen LogP contribution in [0.25, 0.3) is 0 Å². The lowest BCUT2D eigenvalue weighted by Gasteiger charge is -2.15. The van der Waals surface area contributed by atoms with Gasteiger partial charge in [-0.15, -0.1) is 0 Å². The molecular weight excluding hydrogens is 232 g/mol. The van der Waals surface area contributed by atoms with E-state index < -0.39 is 0 Å². The van der Waals surface area contributed by atoms with E-state index in [1.54, 1.807) is 21.3 Å². The molecule has 0 saturated heterocycles. The van der Waals surface area contributed by atoms with Gasteiger partial charge >= 0.3 is 0 Å². The first-order chi connectivity index (χ1) is 8.65. The normalized spacial score (nSPS) is 11.3. The molecule has 5 nitrogen and oxygen atoms in total. The van der Waals surface area contributed by atoms with E-state index in [4.69, 9.17) is 19.5 Å². The van der Waals surface area contributed by atoms with E-state index in [-0.39, 0.29) is 5.92 Å². The molecule has 1 aromatic rings.